The van der Waals surface area contributed by atoms with E-state index in [0.717, 1.165) is 9.87 Å². The van der Waals surface area contributed by atoms with Crippen molar-refractivity contribution < 1.29 is 22.7 Å². The van der Waals surface area contributed by atoms with Crippen molar-refractivity contribution >= 4 is 27.5 Å². The number of hydrogen-bond donors (Lipinski definition) is 1. The zero-order valence-electron chi connectivity index (χ0n) is 17.7. The molecule has 0 spiro atoms. The van der Waals surface area contributed by atoms with Gasteiger partial charge in [0.05, 0.1) is 17.7 Å². The van der Waals surface area contributed by atoms with Gasteiger partial charge in [-0.1, -0.05) is 24.3 Å². The van der Waals surface area contributed by atoms with Gasteiger partial charge in [0.15, 0.2) is 0 Å². The third-order valence-corrected chi connectivity index (χ3v) is 7.24. The molecule has 0 atom stereocenters. The maximum atomic E-state index is 13.5. The number of aryl methyl sites for hydroxylation is 1. The largest absolute Gasteiger partial charge is 0.495 e. The zero-order valence-corrected chi connectivity index (χ0v) is 18.5. The molecule has 0 aromatic heterocycles. The first-order valence-corrected chi connectivity index (χ1v) is 11.5. The monoisotopic (exact) mass is 445 g/mol. The fraction of sp³-hybridized carbons (Fsp3) is 0.364. The Balaban J connectivity index is 1.95. The molecule has 166 valence electrons. The van der Waals surface area contributed by atoms with E-state index in [1.165, 1.54) is 19.2 Å². The van der Waals surface area contributed by atoms with Gasteiger partial charge in [-0.05, 0) is 49.6 Å². The van der Waals surface area contributed by atoms with Crippen LogP contribution in [-0.2, 0) is 19.6 Å². The van der Waals surface area contributed by atoms with E-state index in [0.29, 0.717) is 37.4 Å². The van der Waals surface area contributed by atoms with Gasteiger partial charge < -0.3 is 15.4 Å². The SMILES string of the molecule is COc1ccc(C)cc1N(CC(=O)N1CCC(C(N)=O)CC1)S(=O)(=O)c1ccccc1. The third kappa shape index (κ3) is 4.99. The predicted octanol–water partition coefficient (Wildman–Crippen LogP) is 1.92. The molecule has 1 aliphatic rings. The van der Waals surface area contributed by atoms with E-state index in [2.05, 4.69) is 0 Å². The summed E-state index contributed by atoms with van der Waals surface area (Å²) in [5.74, 6) is -0.619. The molecule has 8 nitrogen and oxygen atoms in total. The summed E-state index contributed by atoms with van der Waals surface area (Å²) in [6.07, 6.45) is 0.945. The summed E-state index contributed by atoms with van der Waals surface area (Å²) in [7, 11) is -2.57. The highest BCUT2D eigenvalue weighted by Gasteiger charge is 2.32. The van der Waals surface area contributed by atoms with Gasteiger partial charge in [-0.3, -0.25) is 13.9 Å². The van der Waals surface area contributed by atoms with E-state index in [9.17, 15) is 18.0 Å². The standard InChI is InChI=1S/C22H27N3O5S/c1-16-8-9-20(30-2)19(14-16)25(31(28,29)18-6-4-3-5-7-18)15-21(26)24-12-10-17(11-13-24)22(23)27/h3-9,14,17H,10-13,15H2,1-2H3,(H2,23,27). The number of anilines is 1. The Hall–Kier alpha value is -3.07. The molecule has 2 aromatic rings. The second kappa shape index (κ2) is 9.38. The number of piperidine rings is 1. The average molecular weight is 446 g/mol. The van der Waals surface area contributed by atoms with Crippen molar-refractivity contribution in [3.63, 3.8) is 0 Å². The van der Waals surface area contributed by atoms with Crippen molar-refractivity contribution in [2.24, 2.45) is 11.7 Å². The van der Waals surface area contributed by atoms with Gasteiger partial charge in [0, 0.05) is 19.0 Å². The number of benzene rings is 2. The van der Waals surface area contributed by atoms with Gasteiger partial charge in [-0.15, -0.1) is 0 Å². The van der Waals surface area contributed by atoms with Crippen LogP contribution in [0.1, 0.15) is 18.4 Å². The molecule has 3 rings (SSSR count). The topological polar surface area (TPSA) is 110 Å². The van der Waals surface area contributed by atoms with Gasteiger partial charge in [0.1, 0.15) is 12.3 Å². The number of nitrogens with zero attached hydrogens (tertiary/aromatic N) is 2. The zero-order chi connectivity index (χ0) is 22.6. The maximum Gasteiger partial charge on any atom is 0.264 e. The molecule has 0 saturated carbocycles. The molecule has 0 aliphatic carbocycles. The van der Waals surface area contributed by atoms with Gasteiger partial charge in [0.25, 0.3) is 10.0 Å². The van der Waals surface area contributed by atoms with Crippen LogP contribution in [0.2, 0.25) is 0 Å². The normalized spacial score (nSPS) is 14.8. The van der Waals surface area contributed by atoms with E-state index in [1.54, 1.807) is 35.2 Å². The molecule has 0 radical (unpaired) electrons. The van der Waals surface area contributed by atoms with E-state index in [4.69, 9.17) is 10.5 Å². The molecule has 2 N–H and O–H groups in total. The van der Waals surface area contributed by atoms with E-state index < -0.39 is 10.0 Å². The second-order valence-corrected chi connectivity index (χ2v) is 9.42. The van der Waals surface area contributed by atoms with E-state index >= 15 is 0 Å². The lowest BCUT2D eigenvalue weighted by Crippen LogP contribution is -2.47. The van der Waals surface area contributed by atoms with Crippen LogP contribution < -0.4 is 14.8 Å². The van der Waals surface area contributed by atoms with Crippen LogP contribution in [0.15, 0.2) is 53.4 Å². The van der Waals surface area contributed by atoms with Crippen LogP contribution in [0.3, 0.4) is 0 Å². The molecule has 2 amide bonds. The Morgan fingerprint density at radius 2 is 1.77 bits per heavy atom. The Morgan fingerprint density at radius 1 is 1.13 bits per heavy atom. The Bertz CT molecular complexity index is 1050. The summed E-state index contributed by atoms with van der Waals surface area (Å²) < 4.78 is 33.5. The second-order valence-electron chi connectivity index (χ2n) is 7.56. The highest BCUT2D eigenvalue weighted by molar-refractivity contribution is 7.92. The van der Waals surface area contributed by atoms with Crippen molar-refractivity contribution in [1.29, 1.82) is 0 Å². The molecular weight excluding hydrogens is 418 g/mol. The van der Waals surface area contributed by atoms with E-state index in [1.807, 2.05) is 13.0 Å². The number of nitrogens with two attached hydrogens (primary N) is 1. The quantitative estimate of drug-likeness (QED) is 0.700. The number of sulfonamides is 1. The van der Waals surface area contributed by atoms with Crippen LogP contribution >= 0.6 is 0 Å². The lowest BCUT2D eigenvalue weighted by molar-refractivity contribution is -0.133. The number of primary amides is 1. The number of ether oxygens (including phenoxy) is 1. The molecule has 1 fully saturated rings. The maximum absolute atomic E-state index is 13.5. The molecular formula is C22H27N3O5S. The van der Waals surface area contributed by atoms with Gasteiger partial charge in [0.2, 0.25) is 11.8 Å². The number of amides is 2. The third-order valence-electron chi connectivity index (χ3n) is 5.46. The number of carbonyl (C=O) groups is 2. The van der Waals surface area contributed by atoms with Crippen LogP contribution in [0.4, 0.5) is 5.69 Å². The minimum atomic E-state index is -4.03. The summed E-state index contributed by atoms with van der Waals surface area (Å²) >= 11 is 0. The molecule has 0 unspecified atom stereocenters. The average Bonchev–Trinajstić information content (AvgIpc) is 2.77. The van der Waals surface area contributed by atoms with E-state index in [-0.39, 0.29) is 29.2 Å². The number of hydrogen-bond acceptors (Lipinski definition) is 5. The lowest BCUT2D eigenvalue weighted by atomic mass is 9.96. The fourth-order valence-electron chi connectivity index (χ4n) is 3.65. The van der Waals surface area contributed by atoms with Crippen molar-refractivity contribution in [3.05, 3.63) is 54.1 Å². The highest BCUT2D eigenvalue weighted by Crippen LogP contribution is 2.33. The van der Waals surface area contributed by atoms with Gasteiger partial charge in [-0.25, -0.2) is 8.42 Å². The first-order valence-electron chi connectivity index (χ1n) is 10.0. The summed E-state index contributed by atoms with van der Waals surface area (Å²) in [6, 6.07) is 13.2. The molecule has 9 heteroatoms. The summed E-state index contributed by atoms with van der Waals surface area (Å²) in [6.45, 7) is 2.18. The molecule has 31 heavy (non-hydrogen) atoms. The first-order chi connectivity index (χ1) is 14.7. The Kier molecular flexibility index (Phi) is 6.84. The number of methoxy groups -OCH3 is 1. The van der Waals surface area contributed by atoms with Gasteiger partial charge in [-0.2, -0.15) is 0 Å². The summed E-state index contributed by atoms with van der Waals surface area (Å²) in [5, 5.41) is 0. The van der Waals surface area contributed by atoms with Crippen LogP contribution in [0.5, 0.6) is 5.75 Å². The molecule has 2 aromatic carbocycles. The minimum Gasteiger partial charge on any atom is -0.495 e. The molecule has 1 saturated heterocycles. The number of rotatable bonds is 7. The fourth-order valence-corrected chi connectivity index (χ4v) is 5.09. The Labute approximate surface area is 182 Å². The lowest BCUT2D eigenvalue weighted by Gasteiger charge is -2.33. The number of carbonyl (C=O) groups excluding carboxylic acids is 2. The van der Waals surface area contributed by atoms with Crippen LogP contribution in [-0.4, -0.2) is 51.9 Å². The molecule has 1 heterocycles. The van der Waals surface area contributed by atoms with Crippen molar-refractivity contribution in [2.75, 3.05) is 31.0 Å². The Morgan fingerprint density at radius 3 is 2.35 bits per heavy atom. The van der Waals surface area contributed by atoms with Crippen LogP contribution in [0.25, 0.3) is 0 Å². The minimum absolute atomic E-state index is 0.0822. The smallest absolute Gasteiger partial charge is 0.264 e. The first kappa shape index (κ1) is 22.6. The van der Waals surface area contributed by atoms with Gasteiger partial charge >= 0.3 is 0 Å². The summed E-state index contributed by atoms with van der Waals surface area (Å²) in [4.78, 5) is 26.1. The number of likely N-dealkylation sites (tertiary alicyclic amines) is 1. The van der Waals surface area contributed by atoms with Crippen molar-refractivity contribution in [1.82, 2.24) is 4.90 Å². The molecule has 1 aliphatic heterocycles. The highest BCUT2D eigenvalue weighted by atomic mass is 32.2. The summed E-state index contributed by atoms with van der Waals surface area (Å²) in [5.41, 5.74) is 6.50. The van der Waals surface area contributed by atoms with Crippen molar-refractivity contribution in [2.45, 2.75) is 24.7 Å². The van der Waals surface area contributed by atoms with Crippen molar-refractivity contribution in [3.8, 4) is 5.75 Å². The predicted molar refractivity (Wildman–Crippen MR) is 117 cm³/mol. The van der Waals surface area contributed by atoms with Crippen LogP contribution in [0, 0.1) is 12.8 Å². The molecule has 0 bridgehead atoms.